The molecule has 5 nitrogen and oxygen atoms in total. The Bertz CT molecular complexity index is 1180. The van der Waals surface area contributed by atoms with Crippen molar-refractivity contribution in [3.8, 4) is 17.1 Å². The predicted molar refractivity (Wildman–Crippen MR) is 108 cm³/mol. The Balaban J connectivity index is 1.66. The van der Waals surface area contributed by atoms with Crippen LogP contribution >= 0.6 is 11.3 Å². The molecule has 136 valence electrons. The van der Waals surface area contributed by atoms with E-state index >= 15 is 0 Å². The molecule has 0 fully saturated rings. The number of benzene rings is 2. The number of aryl methyl sites for hydroxylation is 1. The average molecular weight is 377 g/mol. The molecule has 0 aliphatic heterocycles. The van der Waals surface area contributed by atoms with E-state index in [-0.39, 0.29) is 5.56 Å². The van der Waals surface area contributed by atoms with Crippen molar-refractivity contribution in [3.63, 3.8) is 0 Å². The maximum atomic E-state index is 12.7. The van der Waals surface area contributed by atoms with E-state index in [2.05, 4.69) is 17.0 Å². The van der Waals surface area contributed by atoms with Gasteiger partial charge >= 0.3 is 0 Å². The molecule has 0 aliphatic carbocycles. The van der Waals surface area contributed by atoms with Gasteiger partial charge in [0.25, 0.3) is 5.56 Å². The first kappa shape index (κ1) is 17.4. The molecule has 0 radical (unpaired) electrons. The Labute approximate surface area is 160 Å². The minimum absolute atomic E-state index is 0.146. The summed E-state index contributed by atoms with van der Waals surface area (Å²) in [4.78, 5) is 17.8. The van der Waals surface area contributed by atoms with Gasteiger partial charge in [-0.25, -0.2) is 0 Å². The SMILES string of the molecule is CCCOc1ccc(/C=c2\sc3nc(-c4ccc(C)cc4)nn3c2=O)cc1. The molecule has 2 aromatic carbocycles. The number of hydrogen-bond acceptors (Lipinski definition) is 5. The number of rotatable bonds is 5. The first-order valence-electron chi connectivity index (χ1n) is 8.85. The molecule has 4 rings (SSSR count). The number of nitrogens with zero attached hydrogens (tertiary/aromatic N) is 3. The van der Waals surface area contributed by atoms with E-state index in [9.17, 15) is 4.79 Å². The molecule has 0 atom stereocenters. The highest BCUT2D eigenvalue weighted by molar-refractivity contribution is 7.15. The van der Waals surface area contributed by atoms with Gasteiger partial charge in [-0.15, -0.1) is 5.10 Å². The van der Waals surface area contributed by atoms with Crippen LogP contribution in [0.3, 0.4) is 0 Å². The highest BCUT2D eigenvalue weighted by Gasteiger charge is 2.11. The van der Waals surface area contributed by atoms with Crippen LogP contribution in [-0.4, -0.2) is 21.2 Å². The highest BCUT2D eigenvalue weighted by Crippen LogP contribution is 2.17. The Hall–Kier alpha value is -2.99. The fourth-order valence-electron chi connectivity index (χ4n) is 2.69. The molecule has 4 aromatic rings. The van der Waals surface area contributed by atoms with Gasteiger partial charge in [-0.2, -0.15) is 9.50 Å². The zero-order valence-electron chi connectivity index (χ0n) is 15.2. The Morgan fingerprint density at radius 3 is 2.52 bits per heavy atom. The van der Waals surface area contributed by atoms with Crippen LogP contribution in [-0.2, 0) is 0 Å². The van der Waals surface area contributed by atoms with Gasteiger partial charge in [-0.05, 0) is 37.1 Å². The number of aromatic nitrogens is 3. The fourth-order valence-corrected chi connectivity index (χ4v) is 3.60. The van der Waals surface area contributed by atoms with Crippen LogP contribution in [0.2, 0.25) is 0 Å². The van der Waals surface area contributed by atoms with Crippen LogP contribution in [0, 0.1) is 6.92 Å². The molecule has 0 saturated carbocycles. The summed E-state index contributed by atoms with van der Waals surface area (Å²) < 4.78 is 7.58. The topological polar surface area (TPSA) is 56.5 Å². The van der Waals surface area contributed by atoms with Gasteiger partial charge in [-0.3, -0.25) is 4.79 Å². The lowest BCUT2D eigenvalue weighted by Gasteiger charge is -2.03. The standard InChI is InChI=1S/C21H19N3O2S/c1-3-12-26-17-10-6-15(7-11-17)13-18-20(25)24-21(27-18)22-19(23-24)16-8-4-14(2)5-9-16/h4-11,13H,3,12H2,1-2H3/b18-13-. The van der Waals surface area contributed by atoms with Gasteiger partial charge < -0.3 is 4.74 Å². The summed E-state index contributed by atoms with van der Waals surface area (Å²) in [5.74, 6) is 1.41. The van der Waals surface area contributed by atoms with E-state index in [1.165, 1.54) is 21.4 Å². The molecule has 6 heteroatoms. The lowest BCUT2D eigenvalue weighted by atomic mass is 10.1. The van der Waals surface area contributed by atoms with Crippen molar-refractivity contribution in [2.45, 2.75) is 20.3 Å². The molecule has 2 heterocycles. The lowest BCUT2D eigenvalue weighted by molar-refractivity contribution is 0.317. The molecule has 0 amide bonds. The zero-order valence-corrected chi connectivity index (χ0v) is 16.0. The van der Waals surface area contributed by atoms with Gasteiger partial charge in [0, 0.05) is 5.56 Å². The fraction of sp³-hybridized carbons (Fsp3) is 0.190. The Kier molecular flexibility index (Phi) is 4.73. The first-order chi connectivity index (χ1) is 13.1. The largest absolute Gasteiger partial charge is 0.494 e. The molecule has 0 unspecified atom stereocenters. The second-order valence-corrected chi connectivity index (χ2v) is 7.34. The minimum Gasteiger partial charge on any atom is -0.494 e. The normalized spacial score (nSPS) is 12.0. The quantitative estimate of drug-likeness (QED) is 0.534. The summed E-state index contributed by atoms with van der Waals surface area (Å²) in [7, 11) is 0. The smallest absolute Gasteiger partial charge is 0.291 e. The summed E-state index contributed by atoms with van der Waals surface area (Å²) in [6, 6.07) is 15.7. The van der Waals surface area contributed by atoms with E-state index in [4.69, 9.17) is 4.74 Å². The second-order valence-electron chi connectivity index (χ2n) is 6.33. The molecular formula is C21H19N3O2S. The van der Waals surface area contributed by atoms with Crippen LogP contribution in [0.1, 0.15) is 24.5 Å². The summed E-state index contributed by atoms with van der Waals surface area (Å²) in [5, 5.41) is 4.39. The van der Waals surface area contributed by atoms with E-state index in [0.717, 1.165) is 23.3 Å². The molecular weight excluding hydrogens is 358 g/mol. The number of ether oxygens (including phenoxy) is 1. The number of hydrogen-bond donors (Lipinski definition) is 0. The molecule has 0 N–H and O–H groups in total. The summed E-state index contributed by atoms with van der Waals surface area (Å²) in [6.45, 7) is 4.80. The Morgan fingerprint density at radius 2 is 1.85 bits per heavy atom. The van der Waals surface area contributed by atoms with Crippen molar-refractivity contribution in [2.75, 3.05) is 6.61 Å². The van der Waals surface area contributed by atoms with Crippen molar-refractivity contribution < 1.29 is 4.74 Å². The van der Waals surface area contributed by atoms with E-state index < -0.39 is 0 Å². The second kappa shape index (κ2) is 7.32. The summed E-state index contributed by atoms with van der Waals surface area (Å²) in [5.41, 5.74) is 2.88. The third kappa shape index (κ3) is 3.61. The van der Waals surface area contributed by atoms with E-state index in [1.54, 1.807) is 0 Å². The molecule has 0 bridgehead atoms. The molecule has 27 heavy (non-hydrogen) atoms. The van der Waals surface area contributed by atoms with Crippen molar-refractivity contribution in [2.24, 2.45) is 0 Å². The van der Waals surface area contributed by atoms with Crippen LogP contribution < -0.4 is 14.8 Å². The molecule has 0 spiro atoms. The van der Waals surface area contributed by atoms with Crippen molar-refractivity contribution in [3.05, 3.63) is 74.5 Å². The molecule has 0 aliphatic rings. The number of thiazole rings is 1. The average Bonchev–Trinajstić information content (AvgIpc) is 3.22. The number of fused-ring (bicyclic) bond motifs is 1. The summed E-state index contributed by atoms with van der Waals surface area (Å²) in [6.07, 6.45) is 2.83. The summed E-state index contributed by atoms with van der Waals surface area (Å²) >= 11 is 1.35. The van der Waals surface area contributed by atoms with Crippen LogP contribution in [0.25, 0.3) is 22.4 Å². The molecule has 2 aromatic heterocycles. The van der Waals surface area contributed by atoms with Gasteiger partial charge in [0.1, 0.15) is 5.75 Å². The predicted octanol–water partition coefficient (Wildman–Crippen LogP) is 3.46. The lowest BCUT2D eigenvalue weighted by Crippen LogP contribution is -2.23. The van der Waals surface area contributed by atoms with Gasteiger partial charge in [0.05, 0.1) is 11.1 Å². The van der Waals surface area contributed by atoms with Crippen molar-refractivity contribution in [1.82, 2.24) is 14.6 Å². The van der Waals surface area contributed by atoms with Crippen molar-refractivity contribution in [1.29, 1.82) is 0 Å². The highest BCUT2D eigenvalue weighted by atomic mass is 32.1. The third-order valence-electron chi connectivity index (χ3n) is 4.14. The maximum Gasteiger partial charge on any atom is 0.291 e. The third-order valence-corrected chi connectivity index (χ3v) is 5.10. The Morgan fingerprint density at radius 1 is 1.11 bits per heavy atom. The van der Waals surface area contributed by atoms with Gasteiger partial charge in [0.2, 0.25) is 4.96 Å². The van der Waals surface area contributed by atoms with Gasteiger partial charge in [-0.1, -0.05) is 60.2 Å². The maximum absolute atomic E-state index is 12.7. The monoisotopic (exact) mass is 377 g/mol. The van der Waals surface area contributed by atoms with Gasteiger partial charge in [0.15, 0.2) is 5.82 Å². The van der Waals surface area contributed by atoms with Crippen LogP contribution in [0.5, 0.6) is 5.75 Å². The van der Waals surface area contributed by atoms with Crippen molar-refractivity contribution >= 4 is 22.4 Å². The van der Waals surface area contributed by atoms with Crippen LogP contribution in [0.4, 0.5) is 0 Å². The van der Waals surface area contributed by atoms with Crippen LogP contribution in [0.15, 0.2) is 53.3 Å². The first-order valence-corrected chi connectivity index (χ1v) is 9.67. The minimum atomic E-state index is -0.146. The van der Waals surface area contributed by atoms with E-state index in [0.29, 0.717) is 21.9 Å². The molecule has 0 saturated heterocycles. The van der Waals surface area contributed by atoms with E-state index in [1.807, 2.05) is 61.5 Å². The zero-order chi connectivity index (χ0) is 18.8.